The molecule has 3 rings (SSSR count). The van der Waals surface area contributed by atoms with E-state index in [1.165, 1.54) is 0 Å². The zero-order chi connectivity index (χ0) is 23.1. The summed E-state index contributed by atoms with van der Waals surface area (Å²) in [4.78, 5) is 24.4. The first-order valence-corrected chi connectivity index (χ1v) is 10.2. The molecule has 1 amide bonds. The molecule has 2 aromatic carbocycles. The van der Waals surface area contributed by atoms with Crippen LogP contribution in [-0.4, -0.2) is 43.5 Å². The van der Waals surface area contributed by atoms with Crippen molar-refractivity contribution in [3.05, 3.63) is 59.3 Å². The highest BCUT2D eigenvalue weighted by Crippen LogP contribution is 2.28. The van der Waals surface area contributed by atoms with Gasteiger partial charge < -0.3 is 18.8 Å². The number of hydrazone groups is 1. The molecule has 1 N–H and O–H groups in total. The predicted molar refractivity (Wildman–Crippen MR) is 122 cm³/mol. The van der Waals surface area contributed by atoms with E-state index < -0.39 is 0 Å². The molecule has 32 heavy (non-hydrogen) atoms. The van der Waals surface area contributed by atoms with E-state index in [4.69, 9.17) is 14.2 Å². The smallest absolute Gasteiger partial charge is 0.325 e. The second-order valence-electron chi connectivity index (χ2n) is 7.07. The molecule has 8 nitrogen and oxygen atoms in total. The summed E-state index contributed by atoms with van der Waals surface area (Å²) in [5, 5.41) is 5.08. The van der Waals surface area contributed by atoms with Crippen LogP contribution < -0.4 is 14.9 Å². The first kappa shape index (κ1) is 22.9. The van der Waals surface area contributed by atoms with Crippen LogP contribution in [0.25, 0.3) is 10.9 Å². The number of nitrogens with zero attached hydrogens (tertiary/aromatic N) is 2. The van der Waals surface area contributed by atoms with Crippen molar-refractivity contribution in [1.82, 2.24) is 9.99 Å². The van der Waals surface area contributed by atoms with E-state index in [9.17, 15) is 9.59 Å². The third-order valence-corrected chi connectivity index (χ3v) is 5.07. The number of para-hydroxylation sites is 1. The molecule has 0 saturated carbocycles. The number of aromatic nitrogens is 1. The molecule has 1 aromatic heterocycles. The molecule has 0 fully saturated rings. The maximum Gasteiger partial charge on any atom is 0.325 e. The molecule has 3 aromatic rings. The van der Waals surface area contributed by atoms with Crippen molar-refractivity contribution in [1.29, 1.82) is 0 Å². The molecule has 0 bridgehead atoms. The lowest BCUT2D eigenvalue weighted by molar-refractivity contribution is -0.143. The van der Waals surface area contributed by atoms with Gasteiger partial charge in [0.1, 0.15) is 6.54 Å². The zero-order valence-electron chi connectivity index (χ0n) is 18.7. The van der Waals surface area contributed by atoms with Gasteiger partial charge in [-0.2, -0.15) is 5.10 Å². The minimum Gasteiger partial charge on any atom is -0.493 e. The number of amides is 1. The SMILES string of the molecule is CCOC(=O)Cn1c(C)c(/C=N\NC(=O)Cc2ccc(OC)c(OC)c2)c2ccccc21. The van der Waals surface area contributed by atoms with Crippen LogP contribution in [-0.2, 0) is 27.3 Å². The molecule has 0 unspecified atom stereocenters. The highest BCUT2D eigenvalue weighted by molar-refractivity contribution is 6.01. The monoisotopic (exact) mass is 437 g/mol. The lowest BCUT2D eigenvalue weighted by Crippen LogP contribution is -2.20. The molecule has 0 spiro atoms. The van der Waals surface area contributed by atoms with E-state index >= 15 is 0 Å². The van der Waals surface area contributed by atoms with Gasteiger partial charge in [0.05, 0.1) is 33.5 Å². The van der Waals surface area contributed by atoms with Crippen LogP contribution >= 0.6 is 0 Å². The fraction of sp³-hybridized carbons (Fsp3) is 0.292. The highest BCUT2D eigenvalue weighted by atomic mass is 16.5. The summed E-state index contributed by atoms with van der Waals surface area (Å²) in [5.41, 5.74) is 5.93. The average Bonchev–Trinajstić information content (AvgIpc) is 3.05. The van der Waals surface area contributed by atoms with Crippen LogP contribution in [0.2, 0.25) is 0 Å². The second kappa shape index (κ2) is 10.5. The van der Waals surface area contributed by atoms with Gasteiger partial charge in [0, 0.05) is 22.2 Å². The molecule has 0 saturated heterocycles. The number of hydrogen-bond donors (Lipinski definition) is 1. The minimum absolute atomic E-state index is 0.111. The second-order valence-corrected chi connectivity index (χ2v) is 7.07. The maximum atomic E-state index is 12.4. The Bertz CT molecular complexity index is 1150. The third-order valence-electron chi connectivity index (χ3n) is 5.07. The molecular weight excluding hydrogens is 410 g/mol. The van der Waals surface area contributed by atoms with Gasteiger partial charge in [-0.25, -0.2) is 5.43 Å². The first-order valence-electron chi connectivity index (χ1n) is 10.2. The summed E-state index contributed by atoms with van der Waals surface area (Å²) in [7, 11) is 3.11. The van der Waals surface area contributed by atoms with Crippen molar-refractivity contribution in [2.45, 2.75) is 26.8 Å². The van der Waals surface area contributed by atoms with Crippen LogP contribution in [0.4, 0.5) is 0 Å². The van der Waals surface area contributed by atoms with Crippen molar-refractivity contribution in [2.24, 2.45) is 5.10 Å². The molecule has 0 aliphatic carbocycles. The molecule has 0 radical (unpaired) electrons. The Morgan fingerprint density at radius 1 is 1.09 bits per heavy atom. The van der Waals surface area contributed by atoms with E-state index in [1.807, 2.05) is 35.8 Å². The molecule has 0 aliphatic rings. The van der Waals surface area contributed by atoms with Crippen LogP contribution in [0.3, 0.4) is 0 Å². The Balaban J connectivity index is 1.75. The number of rotatable bonds is 9. The molecule has 168 valence electrons. The van der Waals surface area contributed by atoms with Crippen LogP contribution in [0.15, 0.2) is 47.6 Å². The maximum absolute atomic E-state index is 12.4. The number of hydrogen-bond acceptors (Lipinski definition) is 6. The quantitative estimate of drug-likeness (QED) is 0.315. The summed E-state index contributed by atoms with van der Waals surface area (Å²) >= 11 is 0. The number of ether oxygens (including phenoxy) is 3. The van der Waals surface area contributed by atoms with Crippen molar-refractivity contribution < 1.29 is 23.8 Å². The van der Waals surface area contributed by atoms with Gasteiger partial charge in [-0.05, 0) is 37.6 Å². The van der Waals surface area contributed by atoms with E-state index in [1.54, 1.807) is 45.6 Å². The average molecular weight is 437 g/mol. The van der Waals surface area contributed by atoms with Crippen molar-refractivity contribution in [3.63, 3.8) is 0 Å². The Labute approximate surface area is 186 Å². The summed E-state index contributed by atoms with van der Waals surface area (Å²) < 4.78 is 17.5. The van der Waals surface area contributed by atoms with Crippen LogP contribution in [0.5, 0.6) is 11.5 Å². The lowest BCUT2D eigenvalue weighted by atomic mass is 10.1. The number of fused-ring (bicyclic) bond motifs is 1. The topological polar surface area (TPSA) is 91.2 Å². The molecule has 8 heteroatoms. The van der Waals surface area contributed by atoms with Gasteiger partial charge >= 0.3 is 5.97 Å². The van der Waals surface area contributed by atoms with Gasteiger partial charge in [-0.3, -0.25) is 9.59 Å². The predicted octanol–water partition coefficient (Wildman–Crippen LogP) is 3.22. The largest absolute Gasteiger partial charge is 0.493 e. The Hall–Kier alpha value is -3.81. The summed E-state index contributed by atoms with van der Waals surface area (Å²) in [6.45, 7) is 4.13. The van der Waals surface area contributed by atoms with E-state index in [-0.39, 0.29) is 24.8 Å². The van der Waals surface area contributed by atoms with Crippen molar-refractivity contribution >= 4 is 29.0 Å². The van der Waals surface area contributed by atoms with E-state index in [0.717, 1.165) is 27.7 Å². The lowest BCUT2D eigenvalue weighted by Gasteiger charge is -2.09. The fourth-order valence-corrected chi connectivity index (χ4v) is 3.54. The summed E-state index contributed by atoms with van der Waals surface area (Å²) in [6, 6.07) is 13.0. The summed E-state index contributed by atoms with van der Waals surface area (Å²) in [5.74, 6) is 0.597. The van der Waals surface area contributed by atoms with Crippen molar-refractivity contribution in [3.8, 4) is 11.5 Å². The molecular formula is C24H27N3O5. The van der Waals surface area contributed by atoms with Gasteiger partial charge in [0.15, 0.2) is 11.5 Å². The van der Waals surface area contributed by atoms with Gasteiger partial charge in [0.25, 0.3) is 0 Å². The number of nitrogens with one attached hydrogen (secondary N) is 1. The molecule has 0 atom stereocenters. The highest BCUT2D eigenvalue weighted by Gasteiger charge is 2.15. The van der Waals surface area contributed by atoms with Crippen LogP contribution in [0, 0.1) is 6.92 Å². The number of esters is 1. The number of methoxy groups -OCH3 is 2. The van der Waals surface area contributed by atoms with E-state index in [2.05, 4.69) is 10.5 Å². The minimum atomic E-state index is -0.303. The van der Waals surface area contributed by atoms with Gasteiger partial charge in [0.2, 0.25) is 5.91 Å². The Kier molecular flexibility index (Phi) is 7.49. The zero-order valence-corrected chi connectivity index (χ0v) is 18.7. The standard InChI is InChI=1S/C24H27N3O5/c1-5-32-24(29)15-27-16(2)19(18-8-6-7-9-20(18)27)14-25-26-23(28)13-17-10-11-21(30-3)22(12-17)31-4/h6-12,14H,5,13,15H2,1-4H3,(H,26,28)/b25-14-. The van der Waals surface area contributed by atoms with E-state index in [0.29, 0.717) is 18.1 Å². The molecule has 1 heterocycles. The Morgan fingerprint density at radius 3 is 2.56 bits per heavy atom. The molecule has 0 aliphatic heterocycles. The van der Waals surface area contributed by atoms with Gasteiger partial charge in [-0.15, -0.1) is 0 Å². The first-order chi connectivity index (χ1) is 15.5. The Morgan fingerprint density at radius 2 is 1.84 bits per heavy atom. The number of carbonyl (C=O) groups excluding carboxylic acids is 2. The number of benzene rings is 2. The van der Waals surface area contributed by atoms with Crippen LogP contribution in [0.1, 0.15) is 23.7 Å². The third kappa shape index (κ3) is 5.08. The van der Waals surface area contributed by atoms with Crippen molar-refractivity contribution in [2.75, 3.05) is 20.8 Å². The fourth-order valence-electron chi connectivity index (χ4n) is 3.54. The number of carbonyl (C=O) groups is 2. The normalized spacial score (nSPS) is 11.0. The van der Waals surface area contributed by atoms with Gasteiger partial charge in [-0.1, -0.05) is 24.3 Å². The summed E-state index contributed by atoms with van der Waals surface area (Å²) in [6.07, 6.45) is 1.74.